The second-order valence-electron chi connectivity index (χ2n) is 2.99. The van der Waals surface area contributed by atoms with E-state index in [0.29, 0.717) is 17.9 Å². The molecule has 0 fully saturated rings. The molecule has 0 aliphatic carbocycles. The number of para-hydroxylation sites is 1. The molecule has 0 aliphatic heterocycles. The molecule has 0 unspecified atom stereocenters. The van der Waals surface area contributed by atoms with Crippen LogP contribution in [0.15, 0.2) is 28.7 Å². The Balaban J connectivity index is 2.59. The average molecular weight is 225 g/mol. The van der Waals surface area contributed by atoms with E-state index in [1.165, 1.54) is 0 Å². The molecule has 0 aliphatic rings. The number of carbonyl (C=O) groups is 1. The number of carbonyl (C=O) groups excluding carboxylic acids is 1. The molecule has 0 saturated carbocycles. The maximum Gasteiger partial charge on any atom is 0.287 e. The van der Waals surface area contributed by atoms with Gasteiger partial charge in [-0.15, -0.1) is 0 Å². The lowest BCUT2D eigenvalue weighted by Crippen LogP contribution is -1.90. The van der Waals surface area contributed by atoms with Crippen LogP contribution in [0.1, 0.15) is 17.5 Å². The summed E-state index contributed by atoms with van der Waals surface area (Å²) < 4.78 is 10.7. The first-order valence-corrected chi connectivity index (χ1v) is 4.95. The van der Waals surface area contributed by atoms with Crippen LogP contribution < -0.4 is 4.74 Å². The van der Waals surface area contributed by atoms with Gasteiger partial charge in [-0.1, -0.05) is 12.1 Å². The van der Waals surface area contributed by atoms with Crippen LogP contribution in [0.3, 0.4) is 0 Å². The van der Waals surface area contributed by atoms with E-state index in [1.807, 2.05) is 19.1 Å². The molecule has 0 N–H and O–H groups in total. The number of ether oxygens (including phenoxy) is 1. The van der Waals surface area contributed by atoms with E-state index in [1.54, 1.807) is 12.1 Å². The largest absolute Gasteiger partial charge is 0.490 e. The van der Waals surface area contributed by atoms with Crippen molar-refractivity contribution in [1.29, 1.82) is 0 Å². The van der Waals surface area contributed by atoms with Crippen LogP contribution >= 0.6 is 11.6 Å². The summed E-state index contributed by atoms with van der Waals surface area (Å²) >= 11 is 5.33. The molecule has 3 nitrogen and oxygen atoms in total. The molecular formula is C11H9ClO3. The highest BCUT2D eigenvalue weighted by Crippen LogP contribution is 2.29. The molecule has 15 heavy (non-hydrogen) atoms. The minimum atomic E-state index is -0.603. The Morgan fingerprint density at radius 2 is 2.33 bits per heavy atom. The maximum atomic E-state index is 10.9. The first kappa shape index (κ1) is 10.1. The molecular weight excluding hydrogens is 216 g/mol. The van der Waals surface area contributed by atoms with Crippen molar-refractivity contribution < 1.29 is 13.9 Å². The summed E-state index contributed by atoms with van der Waals surface area (Å²) in [4.78, 5) is 10.9. The van der Waals surface area contributed by atoms with Gasteiger partial charge in [0, 0.05) is 5.39 Å². The molecule has 1 aromatic carbocycles. The van der Waals surface area contributed by atoms with Gasteiger partial charge in [-0.25, -0.2) is 0 Å². The van der Waals surface area contributed by atoms with Crippen LogP contribution in [0.5, 0.6) is 5.75 Å². The van der Waals surface area contributed by atoms with E-state index in [4.69, 9.17) is 20.8 Å². The zero-order chi connectivity index (χ0) is 10.8. The molecule has 78 valence electrons. The van der Waals surface area contributed by atoms with Gasteiger partial charge in [0.05, 0.1) is 6.61 Å². The summed E-state index contributed by atoms with van der Waals surface area (Å²) in [5.41, 5.74) is 0.559. The van der Waals surface area contributed by atoms with E-state index in [0.717, 1.165) is 5.39 Å². The summed E-state index contributed by atoms with van der Waals surface area (Å²) in [7, 11) is 0. The molecule has 4 heteroatoms. The topological polar surface area (TPSA) is 39.4 Å². The minimum Gasteiger partial charge on any atom is -0.490 e. The monoisotopic (exact) mass is 224 g/mol. The van der Waals surface area contributed by atoms with Crippen molar-refractivity contribution in [2.45, 2.75) is 6.92 Å². The van der Waals surface area contributed by atoms with E-state index in [9.17, 15) is 4.79 Å². The Labute approximate surface area is 91.6 Å². The minimum absolute atomic E-state index is 0.138. The standard InChI is InChI=1S/C11H9ClO3/c1-2-14-8-5-3-4-7-6-9(11(12)13)15-10(7)8/h3-6H,2H2,1H3. The number of halogens is 1. The molecule has 0 bridgehead atoms. The number of benzene rings is 1. The van der Waals surface area contributed by atoms with Crippen LogP contribution in [0, 0.1) is 0 Å². The van der Waals surface area contributed by atoms with E-state index in [-0.39, 0.29) is 5.76 Å². The van der Waals surface area contributed by atoms with Crippen molar-refractivity contribution >= 4 is 27.8 Å². The van der Waals surface area contributed by atoms with Gasteiger partial charge in [-0.3, -0.25) is 4.79 Å². The second-order valence-corrected chi connectivity index (χ2v) is 3.34. The Bertz CT molecular complexity index is 502. The lowest BCUT2D eigenvalue weighted by Gasteiger charge is -2.01. The highest BCUT2D eigenvalue weighted by atomic mass is 35.5. The summed E-state index contributed by atoms with van der Waals surface area (Å²) in [5.74, 6) is 0.762. The van der Waals surface area contributed by atoms with E-state index < -0.39 is 5.24 Å². The van der Waals surface area contributed by atoms with Crippen molar-refractivity contribution in [3.05, 3.63) is 30.0 Å². The molecule has 1 aromatic heterocycles. The van der Waals surface area contributed by atoms with Crippen molar-refractivity contribution in [3.8, 4) is 5.75 Å². The fraction of sp³-hybridized carbons (Fsp3) is 0.182. The van der Waals surface area contributed by atoms with Crippen LogP contribution in [-0.2, 0) is 0 Å². The summed E-state index contributed by atoms with van der Waals surface area (Å²) in [6, 6.07) is 7.07. The van der Waals surface area contributed by atoms with E-state index in [2.05, 4.69) is 0 Å². The van der Waals surface area contributed by atoms with Crippen molar-refractivity contribution in [2.24, 2.45) is 0 Å². The van der Waals surface area contributed by atoms with Crippen LogP contribution in [0.4, 0.5) is 0 Å². The normalized spacial score (nSPS) is 10.5. The number of hydrogen-bond acceptors (Lipinski definition) is 3. The first-order chi connectivity index (χ1) is 7.22. The third-order valence-electron chi connectivity index (χ3n) is 2.00. The van der Waals surface area contributed by atoms with Crippen molar-refractivity contribution in [2.75, 3.05) is 6.61 Å². The number of fused-ring (bicyclic) bond motifs is 1. The zero-order valence-electron chi connectivity index (χ0n) is 8.12. The van der Waals surface area contributed by atoms with Gasteiger partial charge in [0.2, 0.25) is 0 Å². The molecule has 0 saturated heterocycles. The summed E-state index contributed by atoms with van der Waals surface area (Å²) in [6.45, 7) is 2.43. The smallest absolute Gasteiger partial charge is 0.287 e. The molecule has 2 aromatic rings. The third kappa shape index (κ3) is 1.83. The second kappa shape index (κ2) is 3.95. The SMILES string of the molecule is CCOc1cccc2cc(C(=O)Cl)oc12. The Hall–Kier alpha value is -1.48. The van der Waals surface area contributed by atoms with Crippen molar-refractivity contribution in [3.63, 3.8) is 0 Å². The van der Waals surface area contributed by atoms with Gasteiger partial charge in [0.15, 0.2) is 17.1 Å². The quantitative estimate of drug-likeness (QED) is 0.752. The van der Waals surface area contributed by atoms with Crippen LogP contribution in [-0.4, -0.2) is 11.8 Å². The predicted octanol–water partition coefficient (Wildman–Crippen LogP) is 3.21. The molecule has 1 heterocycles. The highest BCUT2D eigenvalue weighted by molar-refractivity contribution is 6.67. The van der Waals surface area contributed by atoms with Gasteiger partial charge in [0.25, 0.3) is 5.24 Å². The molecule has 2 rings (SSSR count). The van der Waals surface area contributed by atoms with Crippen LogP contribution in [0.2, 0.25) is 0 Å². The average Bonchev–Trinajstić information content (AvgIpc) is 2.63. The highest BCUT2D eigenvalue weighted by Gasteiger charge is 2.12. The lowest BCUT2D eigenvalue weighted by molar-refractivity contribution is 0.105. The third-order valence-corrected chi connectivity index (χ3v) is 2.19. The molecule has 0 amide bonds. The van der Waals surface area contributed by atoms with Gasteiger partial charge >= 0.3 is 0 Å². The number of hydrogen-bond donors (Lipinski definition) is 0. The zero-order valence-corrected chi connectivity index (χ0v) is 8.88. The van der Waals surface area contributed by atoms with Crippen molar-refractivity contribution in [1.82, 2.24) is 0 Å². The van der Waals surface area contributed by atoms with Gasteiger partial charge in [-0.05, 0) is 30.7 Å². The van der Waals surface area contributed by atoms with Gasteiger partial charge in [-0.2, -0.15) is 0 Å². The van der Waals surface area contributed by atoms with Gasteiger partial charge in [0.1, 0.15) is 0 Å². The Kier molecular flexibility index (Phi) is 2.64. The number of rotatable bonds is 3. The Morgan fingerprint density at radius 3 is 3.00 bits per heavy atom. The maximum absolute atomic E-state index is 10.9. The number of furan rings is 1. The molecule has 0 radical (unpaired) electrons. The fourth-order valence-electron chi connectivity index (χ4n) is 1.40. The van der Waals surface area contributed by atoms with E-state index >= 15 is 0 Å². The summed E-state index contributed by atoms with van der Waals surface area (Å²) in [5, 5.41) is 0.207. The first-order valence-electron chi connectivity index (χ1n) is 4.57. The molecule has 0 atom stereocenters. The predicted molar refractivity (Wildman–Crippen MR) is 57.6 cm³/mol. The molecule has 0 spiro atoms. The lowest BCUT2D eigenvalue weighted by atomic mass is 10.2. The van der Waals surface area contributed by atoms with Gasteiger partial charge < -0.3 is 9.15 Å². The Morgan fingerprint density at radius 1 is 1.53 bits per heavy atom. The fourth-order valence-corrected chi connectivity index (χ4v) is 1.50. The summed E-state index contributed by atoms with van der Waals surface area (Å²) in [6.07, 6.45) is 0. The van der Waals surface area contributed by atoms with Crippen LogP contribution in [0.25, 0.3) is 11.0 Å².